The van der Waals surface area contributed by atoms with E-state index in [1.807, 2.05) is 62.4 Å². The van der Waals surface area contributed by atoms with Crippen LogP contribution >= 0.6 is 0 Å². The number of aryl methyl sites for hydroxylation is 2. The van der Waals surface area contributed by atoms with Crippen LogP contribution in [0.2, 0.25) is 0 Å². The van der Waals surface area contributed by atoms with Gasteiger partial charge < -0.3 is 10.6 Å². The molecule has 0 atom stereocenters. The predicted octanol–water partition coefficient (Wildman–Crippen LogP) is 3.51. The maximum atomic E-state index is 12.8. The topological polar surface area (TPSA) is 93.1 Å². The molecule has 2 aromatic carbocycles. The summed E-state index contributed by atoms with van der Waals surface area (Å²) in [6, 6.07) is 16.5. The summed E-state index contributed by atoms with van der Waals surface area (Å²) >= 11 is 0. The Bertz CT molecular complexity index is 1120. The Kier molecular flexibility index (Phi) is 6.41. The summed E-state index contributed by atoms with van der Waals surface area (Å²) in [5, 5.41) is 9.75. The number of anilines is 2. The minimum Gasteiger partial charge on any atom is -0.324 e. The van der Waals surface area contributed by atoms with Crippen LogP contribution in [0.1, 0.15) is 24.5 Å². The Morgan fingerprint density at radius 3 is 2.23 bits per heavy atom. The van der Waals surface area contributed by atoms with Crippen molar-refractivity contribution in [1.82, 2.24) is 9.78 Å². The average molecular weight is 404 g/mol. The number of aromatic nitrogens is 2. The Morgan fingerprint density at radius 2 is 1.60 bits per heavy atom. The highest BCUT2D eigenvalue weighted by atomic mass is 16.2. The molecule has 0 fully saturated rings. The molecule has 3 aromatic rings. The standard InChI is InChI=1S/C23H24N4O3/c1-4-21(28)25-20-13-19(17-8-6-5-7-9-17)26-27(23(20)30)14-22(29)24-18-11-15(2)10-16(3)12-18/h5-13H,4,14H2,1-3H3,(H,24,29)(H,25,28). The summed E-state index contributed by atoms with van der Waals surface area (Å²) in [6.07, 6.45) is 0.232. The van der Waals surface area contributed by atoms with Crippen LogP contribution in [-0.2, 0) is 16.1 Å². The molecule has 7 nitrogen and oxygen atoms in total. The van der Waals surface area contributed by atoms with Gasteiger partial charge in [0.2, 0.25) is 11.8 Å². The molecule has 154 valence electrons. The number of hydrogen-bond acceptors (Lipinski definition) is 4. The Hall–Kier alpha value is -3.74. The SMILES string of the molecule is CCC(=O)Nc1cc(-c2ccccc2)nn(CC(=O)Nc2cc(C)cc(C)c2)c1=O. The lowest BCUT2D eigenvalue weighted by Gasteiger charge is -2.12. The molecule has 1 heterocycles. The smallest absolute Gasteiger partial charge is 0.291 e. The van der Waals surface area contributed by atoms with E-state index in [0.29, 0.717) is 11.4 Å². The van der Waals surface area contributed by atoms with Gasteiger partial charge in [-0.05, 0) is 43.2 Å². The van der Waals surface area contributed by atoms with Crippen molar-refractivity contribution in [3.8, 4) is 11.3 Å². The first kappa shape index (κ1) is 21.0. The fourth-order valence-electron chi connectivity index (χ4n) is 3.11. The van der Waals surface area contributed by atoms with E-state index >= 15 is 0 Å². The van der Waals surface area contributed by atoms with Crippen LogP contribution < -0.4 is 16.2 Å². The second-order valence-electron chi connectivity index (χ2n) is 7.10. The molecule has 0 saturated heterocycles. The zero-order chi connectivity index (χ0) is 21.7. The van der Waals surface area contributed by atoms with E-state index in [1.165, 1.54) is 6.07 Å². The predicted molar refractivity (Wildman–Crippen MR) is 117 cm³/mol. The molecule has 0 spiro atoms. The van der Waals surface area contributed by atoms with Crippen LogP contribution in [0.3, 0.4) is 0 Å². The molecule has 1 aromatic heterocycles. The van der Waals surface area contributed by atoms with Gasteiger partial charge >= 0.3 is 0 Å². The van der Waals surface area contributed by atoms with E-state index < -0.39 is 5.56 Å². The van der Waals surface area contributed by atoms with E-state index in [9.17, 15) is 14.4 Å². The van der Waals surface area contributed by atoms with Gasteiger partial charge in [0.05, 0.1) is 5.69 Å². The first-order valence-electron chi connectivity index (χ1n) is 9.71. The summed E-state index contributed by atoms with van der Waals surface area (Å²) < 4.78 is 1.07. The number of rotatable bonds is 6. The molecule has 7 heteroatoms. The highest BCUT2D eigenvalue weighted by Gasteiger charge is 2.14. The van der Waals surface area contributed by atoms with E-state index in [2.05, 4.69) is 15.7 Å². The Morgan fingerprint density at radius 1 is 0.933 bits per heavy atom. The molecule has 0 aliphatic heterocycles. The summed E-state index contributed by atoms with van der Waals surface area (Å²) in [6.45, 7) is 5.31. The highest BCUT2D eigenvalue weighted by Crippen LogP contribution is 2.18. The summed E-state index contributed by atoms with van der Waals surface area (Å²) in [5.74, 6) is -0.670. The lowest BCUT2D eigenvalue weighted by molar-refractivity contribution is -0.117. The average Bonchev–Trinajstić information content (AvgIpc) is 2.70. The normalized spacial score (nSPS) is 10.5. The number of carbonyl (C=O) groups excluding carboxylic acids is 2. The quantitative estimate of drug-likeness (QED) is 0.657. The van der Waals surface area contributed by atoms with Gasteiger partial charge in [0.15, 0.2) is 0 Å². The van der Waals surface area contributed by atoms with Gasteiger partial charge in [-0.3, -0.25) is 14.4 Å². The van der Waals surface area contributed by atoms with E-state index in [0.717, 1.165) is 21.4 Å². The Labute approximate surface area is 174 Å². The third-order valence-corrected chi connectivity index (χ3v) is 4.44. The van der Waals surface area contributed by atoms with Gasteiger partial charge in [0.25, 0.3) is 5.56 Å². The van der Waals surface area contributed by atoms with Crippen molar-refractivity contribution in [2.75, 3.05) is 10.6 Å². The van der Waals surface area contributed by atoms with Gasteiger partial charge in [0, 0.05) is 17.7 Å². The van der Waals surface area contributed by atoms with Crippen molar-refractivity contribution in [1.29, 1.82) is 0 Å². The molecular weight excluding hydrogens is 380 g/mol. The van der Waals surface area contributed by atoms with Crippen molar-refractivity contribution in [3.63, 3.8) is 0 Å². The third kappa shape index (κ3) is 5.20. The van der Waals surface area contributed by atoms with Crippen molar-refractivity contribution < 1.29 is 9.59 Å². The molecule has 2 N–H and O–H groups in total. The zero-order valence-corrected chi connectivity index (χ0v) is 17.2. The fourth-order valence-corrected chi connectivity index (χ4v) is 3.11. The van der Waals surface area contributed by atoms with E-state index in [4.69, 9.17) is 0 Å². The molecule has 0 aliphatic carbocycles. The largest absolute Gasteiger partial charge is 0.324 e. The van der Waals surface area contributed by atoms with Crippen LogP contribution in [-0.4, -0.2) is 21.6 Å². The number of hydrogen-bond donors (Lipinski definition) is 2. The van der Waals surface area contributed by atoms with Crippen molar-refractivity contribution in [3.05, 3.63) is 76.1 Å². The number of carbonyl (C=O) groups is 2. The monoisotopic (exact) mass is 404 g/mol. The molecule has 0 radical (unpaired) electrons. The van der Waals surface area contributed by atoms with Crippen molar-refractivity contribution in [2.24, 2.45) is 0 Å². The molecule has 0 saturated carbocycles. The number of nitrogens with zero attached hydrogens (tertiary/aromatic N) is 2. The molecule has 0 aliphatic rings. The molecule has 0 unspecified atom stereocenters. The summed E-state index contributed by atoms with van der Waals surface area (Å²) in [4.78, 5) is 37.3. The first-order valence-corrected chi connectivity index (χ1v) is 9.71. The highest BCUT2D eigenvalue weighted by molar-refractivity contribution is 5.92. The van der Waals surface area contributed by atoms with Gasteiger partial charge in [-0.2, -0.15) is 5.10 Å². The van der Waals surface area contributed by atoms with Crippen molar-refractivity contribution in [2.45, 2.75) is 33.7 Å². The van der Waals surface area contributed by atoms with Crippen LogP contribution in [0.25, 0.3) is 11.3 Å². The number of nitrogens with one attached hydrogen (secondary N) is 2. The Balaban J connectivity index is 1.93. The molecule has 30 heavy (non-hydrogen) atoms. The van der Waals surface area contributed by atoms with Crippen molar-refractivity contribution >= 4 is 23.2 Å². The van der Waals surface area contributed by atoms with Gasteiger partial charge in [-0.25, -0.2) is 4.68 Å². The number of benzene rings is 2. The molecular formula is C23H24N4O3. The molecule has 3 rings (SSSR count). The zero-order valence-electron chi connectivity index (χ0n) is 17.2. The van der Waals surface area contributed by atoms with Gasteiger partial charge in [0.1, 0.15) is 12.2 Å². The van der Waals surface area contributed by atoms with Gasteiger partial charge in [-0.15, -0.1) is 0 Å². The second kappa shape index (κ2) is 9.17. The summed E-state index contributed by atoms with van der Waals surface area (Å²) in [7, 11) is 0. The first-order chi connectivity index (χ1) is 14.4. The lowest BCUT2D eigenvalue weighted by Crippen LogP contribution is -2.32. The van der Waals surface area contributed by atoms with E-state index in [-0.39, 0.29) is 30.5 Å². The molecule has 2 amide bonds. The minimum absolute atomic E-state index is 0.0925. The summed E-state index contributed by atoms with van der Waals surface area (Å²) in [5.41, 5.74) is 3.52. The molecule has 0 bridgehead atoms. The van der Waals surface area contributed by atoms with Crippen LogP contribution in [0.15, 0.2) is 59.4 Å². The lowest BCUT2D eigenvalue weighted by atomic mass is 10.1. The van der Waals surface area contributed by atoms with Crippen LogP contribution in [0, 0.1) is 13.8 Å². The second-order valence-corrected chi connectivity index (χ2v) is 7.10. The van der Waals surface area contributed by atoms with Crippen LogP contribution in [0.4, 0.5) is 11.4 Å². The maximum Gasteiger partial charge on any atom is 0.291 e. The maximum absolute atomic E-state index is 12.8. The fraction of sp³-hybridized carbons (Fsp3) is 0.217. The van der Waals surface area contributed by atoms with Crippen LogP contribution in [0.5, 0.6) is 0 Å². The third-order valence-electron chi connectivity index (χ3n) is 4.44. The van der Waals surface area contributed by atoms with E-state index in [1.54, 1.807) is 6.92 Å². The number of amides is 2. The minimum atomic E-state index is -0.535. The van der Waals surface area contributed by atoms with Gasteiger partial charge in [-0.1, -0.05) is 43.3 Å².